The van der Waals surface area contributed by atoms with Crippen LogP contribution in [0, 0.1) is 0 Å². The van der Waals surface area contributed by atoms with Crippen molar-refractivity contribution >= 4 is 6.03 Å². The van der Waals surface area contributed by atoms with Gasteiger partial charge in [-0.15, -0.1) is 0 Å². The van der Waals surface area contributed by atoms with Gasteiger partial charge in [0.15, 0.2) is 0 Å². The van der Waals surface area contributed by atoms with Gasteiger partial charge in [0.1, 0.15) is 0 Å². The highest BCUT2D eigenvalue weighted by atomic mass is 16.5. The van der Waals surface area contributed by atoms with Gasteiger partial charge in [-0.05, 0) is 45.4 Å². The Balaban J connectivity index is 1.57. The first kappa shape index (κ1) is 13.4. The quantitative estimate of drug-likeness (QED) is 0.738. The molecule has 1 aliphatic heterocycles. The van der Waals surface area contributed by atoms with Crippen molar-refractivity contribution in [3.05, 3.63) is 12.2 Å². The third-order valence-electron chi connectivity index (χ3n) is 3.67. The molecule has 0 bridgehead atoms. The molecule has 18 heavy (non-hydrogen) atoms. The molecule has 2 rings (SSSR count). The molecule has 0 aromatic carbocycles. The van der Waals surface area contributed by atoms with Crippen LogP contribution in [-0.4, -0.2) is 30.8 Å². The van der Waals surface area contributed by atoms with Gasteiger partial charge in [-0.3, -0.25) is 0 Å². The van der Waals surface area contributed by atoms with Gasteiger partial charge in [-0.2, -0.15) is 0 Å². The summed E-state index contributed by atoms with van der Waals surface area (Å²) in [5, 5.41) is 5.99. The van der Waals surface area contributed by atoms with E-state index in [0.717, 1.165) is 32.3 Å². The lowest BCUT2D eigenvalue weighted by atomic mass is 10.1. The molecule has 102 valence electrons. The maximum absolute atomic E-state index is 11.7. The van der Waals surface area contributed by atoms with Crippen molar-refractivity contribution in [2.45, 2.75) is 63.6 Å². The van der Waals surface area contributed by atoms with Crippen molar-refractivity contribution < 1.29 is 9.53 Å². The zero-order valence-electron chi connectivity index (χ0n) is 11.2. The van der Waals surface area contributed by atoms with E-state index in [-0.39, 0.29) is 18.1 Å². The molecule has 0 aromatic heterocycles. The number of carbonyl (C=O) groups is 1. The summed E-state index contributed by atoms with van der Waals surface area (Å²) >= 11 is 0. The average Bonchev–Trinajstić information content (AvgIpc) is 2.98. The van der Waals surface area contributed by atoms with E-state index in [1.54, 1.807) is 0 Å². The van der Waals surface area contributed by atoms with E-state index in [4.69, 9.17) is 4.74 Å². The maximum Gasteiger partial charge on any atom is 0.315 e. The molecule has 4 nitrogen and oxygen atoms in total. The number of hydrogen-bond donors (Lipinski definition) is 2. The number of rotatable bonds is 5. The van der Waals surface area contributed by atoms with Crippen LogP contribution in [0.5, 0.6) is 0 Å². The highest BCUT2D eigenvalue weighted by Gasteiger charge is 2.18. The minimum absolute atomic E-state index is 0.0384. The minimum Gasteiger partial charge on any atom is -0.378 e. The number of amides is 2. The normalized spacial score (nSPS) is 25.3. The Morgan fingerprint density at radius 3 is 2.89 bits per heavy atom. The van der Waals surface area contributed by atoms with E-state index in [1.165, 1.54) is 12.8 Å². The Morgan fingerprint density at radius 2 is 2.22 bits per heavy atom. The third-order valence-corrected chi connectivity index (χ3v) is 3.67. The highest BCUT2D eigenvalue weighted by molar-refractivity contribution is 5.74. The topological polar surface area (TPSA) is 50.4 Å². The number of ether oxygens (including phenoxy) is 1. The molecule has 1 heterocycles. The van der Waals surface area contributed by atoms with Gasteiger partial charge in [0.25, 0.3) is 0 Å². The second-order valence-corrected chi connectivity index (χ2v) is 5.37. The number of nitrogens with one attached hydrogen (secondary N) is 2. The molecule has 1 saturated heterocycles. The third kappa shape index (κ3) is 4.33. The summed E-state index contributed by atoms with van der Waals surface area (Å²) < 4.78 is 5.58. The molecule has 2 atom stereocenters. The Labute approximate surface area is 109 Å². The second kappa shape index (κ2) is 6.78. The largest absolute Gasteiger partial charge is 0.378 e. The monoisotopic (exact) mass is 252 g/mol. The molecule has 2 N–H and O–H groups in total. The molecule has 4 heteroatoms. The van der Waals surface area contributed by atoms with E-state index < -0.39 is 0 Å². The number of hydrogen-bond acceptors (Lipinski definition) is 2. The fraction of sp³-hybridized carbons (Fsp3) is 0.786. The first-order valence-corrected chi connectivity index (χ1v) is 7.07. The first-order valence-electron chi connectivity index (χ1n) is 7.07. The Morgan fingerprint density at radius 1 is 1.44 bits per heavy atom. The van der Waals surface area contributed by atoms with Crippen molar-refractivity contribution in [3.8, 4) is 0 Å². The van der Waals surface area contributed by atoms with Crippen LogP contribution >= 0.6 is 0 Å². The SMILES string of the molecule is C[C@H](CC[C@@H]1CCCO1)NC(=O)NC1CC=CC1. The summed E-state index contributed by atoms with van der Waals surface area (Å²) in [6.45, 7) is 2.96. The molecule has 0 saturated carbocycles. The Hall–Kier alpha value is -1.03. The van der Waals surface area contributed by atoms with E-state index in [0.29, 0.717) is 6.10 Å². The Bertz CT molecular complexity index is 290. The van der Waals surface area contributed by atoms with Crippen LogP contribution in [0.4, 0.5) is 4.79 Å². The van der Waals surface area contributed by atoms with Crippen LogP contribution in [0.3, 0.4) is 0 Å². The fourth-order valence-corrected chi connectivity index (χ4v) is 2.57. The van der Waals surface area contributed by atoms with Crippen molar-refractivity contribution in [2.24, 2.45) is 0 Å². The molecular formula is C14H24N2O2. The molecule has 0 radical (unpaired) electrons. The van der Waals surface area contributed by atoms with Gasteiger partial charge >= 0.3 is 6.03 Å². The van der Waals surface area contributed by atoms with E-state index >= 15 is 0 Å². The second-order valence-electron chi connectivity index (χ2n) is 5.37. The lowest BCUT2D eigenvalue weighted by Gasteiger charge is -2.18. The predicted octanol–water partition coefficient (Wildman–Crippen LogP) is 2.35. The highest BCUT2D eigenvalue weighted by Crippen LogP contribution is 2.17. The van der Waals surface area contributed by atoms with E-state index in [1.807, 2.05) is 0 Å². The summed E-state index contributed by atoms with van der Waals surface area (Å²) in [4.78, 5) is 11.7. The summed E-state index contributed by atoms with van der Waals surface area (Å²) in [7, 11) is 0. The van der Waals surface area contributed by atoms with E-state index in [9.17, 15) is 4.79 Å². The van der Waals surface area contributed by atoms with Gasteiger partial charge < -0.3 is 15.4 Å². The van der Waals surface area contributed by atoms with Crippen molar-refractivity contribution in [1.82, 2.24) is 10.6 Å². The predicted molar refractivity (Wildman–Crippen MR) is 71.5 cm³/mol. The van der Waals surface area contributed by atoms with Crippen molar-refractivity contribution in [2.75, 3.05) is 6.61 Å². The van der Waals surface area contributed by atoms with Gasteiger partial charge in [0.05, 0.1) is 6.10 Å². The molecule has 0 spiro atoms. The fourth-order valence-electron chi connectivity index (χ4n) is 2.57. The zero-order chi connectivity index (χ0) is 12.8. The van der Waals surface area contributed by atoms with Crippen LogP contribution in [0.15, 0.2) is 12.2 Å². The van der Waals surface area contributed by atoms with Crippen LogP contribution in [0.25, 0.3) is 0 Å². The van der Waals surface area contributed by atoms with Crippen LogP contribution < -0.4 is 10.6 Å². The lowest BCUT2D eigenvalue weighted by molar-refractivity contribution is 0.100. The van der Waals surface area contributed by atoms with Gasteiger partial charge in [-0.1, -0.05) is 12.2 Å². The molecule has 2 aliphatic rings. The van der Waals surface area contributed by atoms with Gasteiger partial charge in [0, 0.05) is 18.7 Å². The standard InChI is InChI=1S/C14H24N2O2/c1-11(8-9-13-7-4-10-18-13)15-14(17)16-12-5-2-3-6-12/h2-3,11-13H,4-10H2,1H3,(H2,15,16,17)/t11-,13+/m1/s1. The lowest BCUT2D eigenvalue weighted by Crippen LogP contribution is -2.44. The maximum atomic E-state index is 11.7. The minimum atomic E-state index is -0.0384. The van der Waals surface area contributed by atoms with Crippen LogP contribution in [0.2, 0.25) is 0 Å². The summed E-state index contributed by atoms with van der Waals surface area (Å²) in [6.07, 6.45) is 10.9. The van der Waals surface area contributed by atoms with Crippen molar-refractivity contribution in [3.63, 3.8) is 0 Å². The van der Waals surface area contributed by atoms with Crippen LogP contribution in [-0.2, 0) is 4.74 Å². The summed E-state index contributed by atoms with van der Waals surface area (Å²) in [6, 6.07) is 0.461. The van der Waals surface area contributed by atoms with Gasteiger partial charge in [-0.25, -0.2) is 4.79 Å². The zero-order valence-corrected chi connectivity index (χ0v) is 11.2. The van der Waals surface area contributed by atoms with Crippen LogP contribution in [0.1, 0.15) is 45.4 Å². The molecule has 1 aliphatic carbocycles. The number of carbonyl (C=O) groups excluding carboxylic acids is 1. The number of urea groups is 1. The van der Waals surface area contributed by atoms with Gasteiger partial charge in [0.2, 0.25) is 0 Å². The molecule has 0 unspecified atom stereocenters. The smallest absolute Gasteiger partial charge is 0.315 e. The summed E-state index contributed by atoms with van der Waals surface area (Å²) in [5.74, 6) is 0. The average molecular weight is 252 g/mol. The molecular weight excluding hydrogens is 228 g/mol. The Kier molecular flexibility index (Phi) is 5.05. The van der Waals surface area contributed by atoms with Crippen molar-refractivity contribution in [1.29, 1.82) is 0 Å². The summed E-state index contributed by atoms with van der Waals surface area (Å²) in [5.41, 5.74) is 0. The van der Waals surface area contributed by atoms with E-state index in [2.05, 4.69) is 29.7 Å². The molecule has 1 fully saturated rings. The molecule has 2 amide bonds. The molecule has 0 aromatic rings. The first-order chi connectivity index (χ1) is 8.74.